The van der Waals surface area contributed by atoms with E-state index in [1.807, 2.05) is 11.9 Å². The van der Waals surface area contributed by atoms with Crippen molar-refractivity contribution in [1.82, 2.24) is 14.8 Å². The van der Waals surface area contributed by atoms with E-state index >= 15 is 0 Å². The van der Waals surface area contributed by atoms with E-state index in [1.165, 1.54) is 30.6 Å². The summed E-state index contributed by atoms with van der Waals surface area (Å²) < 4.78 is 41.6. The van der Waals surface area contributed by atoms with Crippen LogP contribution < -0.4 is 11.1 Å². The van der Waals surface area contributed by atoms with Crippen molar-refractivity contribution in [2.45, 2.75) is 12.7 Å². The lowest BCUT2D eigenvalue weighted by Crippen LogP contribution is -2.44. The van der Waals surface area contributed by atoms with E-state index in [9.17, 15) is 18.0 Å². The standard InChI is InChI=1S/C28H27F3N6O/c1-36-10-12-37(13-11-36)18-20-7-8-22(15-24(20)28(29,30)31)35-27(38)21-14-19(16-34-17-21)6-9-26(33)23-4-2-3-5-25(23)32/h2-5,7-8,14-17,33H,10-13,18,32H2,1H3,(H,35,38). The molecule has 1 amide bonds. The summed E-state index contributed by atoms with van der Waals surface area (Å²) in [6.45, 7) is 3.17. The van der Waals surface area contributed by atoms with E-state index in [2.05, 4.69) is 27.0 Å². The Bertz CT molecular complexity index is 1400. The van der Waals surface area contributed by atoms with Crippen LogP contribution in [0.5, 0.6) is 0 Å². The number of pyridine rings is 1. The molecule has 0 saturated carbocycles. The number of carbonyl (C=O) groups excluding carboxylic acids is 1. The quantitative estimate of drug-likeness (QED) is 0.267. The minimum Gasteiger partial charge on any atom is -0.398 e. The van der Waals surface area contributed by atoms with Gasteiger partial charge in [0.1, 0.15) is 5.71 Å². The molecule has 4 N–H and O–H groups in total. The number of amides is 1. The number of anilines is 2. The van der Waals surface area contributed by atoms with E-state index in [0.717, 1.165) is 19.2 Å². The molecule has 1 aliphatic heterocycles. The van der Waals surface area contributed by atoms with Crippen molar-refractivity contribution in [2.24, 2.45) is 0 Å². The summed E-state index contributed by atoms with van der Waals surface area (Å²) in [4.78, 5) is 21.0. The minimum atomic E-state index is -4.56. The molecular weight excluding hydrogens is 493 g/mol. The lowest BCUT2D eigenvalue weighted by Gasteiger charge is -2.33. The number of halogens is 3. The number of benzene rings is 2. The van der Waals surface area contributed by atoms with Gasteiger partial charge in [0.2, 0.25) is 0 Å². The number of piperazine rings is 1. The number of hydrogen-bond acceptors (Lipinski definition) is 6. The van der Waals surface area contributed by atoms with Gasteiger partial charge in [-0.15, -0.1) is 0 Å². The lowest BCUT2D eigenvalue weighted by molar-refractivity contribution is -0.138. The maximum Gasteiger partial charge on any atom is 0.416 e. The second kappa shape index (κ2) is 11.5. The highest BCUT2D eigenvalue weighted by Crippen LogP contribution is 2.34. The number of nitrogens with zero attached hydrogens (tertiary/aromatic N) is 3. The number of likely N-dealkylation sites (N-methyl/N-ethyl adjacent to an activating group) is 1. The molecule has 38 heavy (non-hydrogen) atoms. The van der Waals surface area contributed by atoms with Crippen molar-refractivity contribution in [3.05, 3.63) is 88.7 Å². The normalized spacial score (nSPS) is 14.4. The number of hydrogen-bond donors (Lipinski definition) is 3. The largest absolute Gasteiger partial charge is 0.416 e. The number of nitrogens with one attached hydrogen (secondary N) is 2. The summed E-state index contributed by atoms with van der Waals surface area (Å²) in [6, 6.07) is 12.2. The molecule has 196 valence electrons. The average Bonchev–Trinajstić information content (AvgIpc) is 2.89. The van der Waals surface area contributed by atoms with Crippen molar-refractivity contribution < 1.29 is 18.0 Å². The van der Waals surface area contributed by atoms with Crippen LogP contribution in [-0.4, -0.2) is 59.6 Å². The Morgan fingerprint density at radius 1 is 1.11 bits per heavy atom. The Kier molecular flexibility index (Phi) is 8.10. The Balaban J connectivity index is 1.49. The van der Waals surface area contributed by atoms with E-state index in [-0.39, 0.29) is 29.1 Å². The topological polar surface area (TPSA) is 98.3 Å². The number of rotatable bonds is 5. The predicted octanol–water partition coefficient (Wildman–Crippen LogP) is 4.10. The molecule has 7 nitrogen and oxygen atoms in total. The molecule has 2 heterocycles. The second-order valence-electron chi connectivity index (χ2n) is 9.08. The highest BCUT2D eigenvalue weighted by molar-refractivity contribution is 6.14. The summed E-state index contributed by atoms with van der Waals surface area (Å²) in [7, 11) is 1.99. The third kappa shape index (κ3) is 6.76. The lowest BCUT2D eigenvalue weighted by atomic mass is 10.0. The van der Waals surface area contributed by atoms with Gasteiger partial charge < -0.3 is 16.0 Å². The number of nitrogens with two attached hydrogens (primary N) is 1. The summed E-state index contributed by atoms with van der Waals surface area (Å²) in [5, 5.41) is 10.7. The smallest absolute Gasteiger partial charge is 0.398 e. The third-order valence-electron chi connectivity index (χ3n) is 6.23. The van der Waals surface area contributed by atoms with Crippen molar-refractivity contribution in [3.8, 4) is 11.8 Å². The highest BCUT2D eigenvalue weighted by Gasteiger charge is 2.34. The maximum absolute atomic E-state index is 13.9. The second-order valence-corrected chi connectivity index (χ2v) is 9.08. The number of alkyl halides is 3. The molecule has 0 spiro atoms. The third-order valence-corrected chi connectivity index (χ3v) is 6.23. The molecule has 0 aliphatic carbocycles. The van der Waals surface area contributed by atoms with Crippen molar-refractivity contribution in [1.29, 1.82) is 5.41 Å². The molecule has 2 aromatic carbocycles. The predicted molar refractivity (Wildman–Crippen MR) is 141 cm³/mol. The fraction of sp³-hybridized carbons (Fsp3) is 0.250. The first-order chi connectivity index (χ1) is 18.1. The molecule has 1 aliphatic rings. The van der Waals surface area contributed by atoms with Crippen LogP contribution in [0.3, 0.4) is 0 Å². The van der Waals surface area contributed by atoms with Crippen molar-refractivity contribution in [2.75, 3.05) is 44.3 Å². The molecule has 1 aromatic heterocycles. The van der Waals surface area contributed by atoms with Crippen LogP contribution in [-0.2, 0) is 12.7 Å². The molecular formula is C28H27F3N6O. The van der Waals surface area contributed by atoms with Gasteiger partial charge in [0.15, 0.2) is 0 Å². The Morgan fingerprint density at radius 2 is 1.84 bits per heavy atom. The van der Waals surface area contributed by atoms with Crippen LogP contribution in [0, 0.1) is 17.3 Å². The SMILES string of the molecule is CN1CCN(Cc2ccc(NC(=O)c3cncc(C#CC(=N)c4ccccc4N)c3)cc2C(F)(F)F)CC1. The summed E-state index contributed by atoms with van der Waals surface area (Å²) in [5.41, 5.74) is 6.71. The van der Waals surface area contributed by atoms with Gasteiger partial charge in [-0.25, -0.2) is 0 Å². The van der Waals surface area contributed by atoms with Gasteiger partial charge in [0, 0.05) is 67.6 Å². The molecule has 1 saturated heterocycles. The van der Waals surface area contributed by atoms with Crippen molar-refractivity contribution in [3.63, 3.8) is 0 Å². The van der Waals surface area contributed by atoms with E-state index in [4.69, 9.17) is 11.1 Å². The first-order valence-electron chi connectivity index (χ1n) is 11.9. The van der Waals surface area contributed by atoms with Gasteiger partial charge >= 0.3 is 6.18 Å². The number of nitrogen functional groups attached to an aromatic ring is 1. The Morgan fingerprint density at radius 3 is 2.55 bits per heavy atom. The summed E-state index contributed by atoms with van der Waals surface area (Å²) in [5.74, 6) is 4.84. The number of para-hydroxylation sites is 1. The zero-order chi connectivity index (χ0) is 27.3. The van der Waals surface area contributed by atoms with Crippen molar-refractivity contribution >= 4 is 23.0 Å². The molecule has 3 aromatic rings. The van der Waals surface area contributed by atoms with Gasteiger partial charge in [0.25, 0.3) is 5.91 Å². The van der Waals surface area contributed by atoms with E-state index in [1.54, 1.807) is 24.3 Å². The summed E-state index contributed by atoms with van der Waals surface area (Å²) in [6.07, 6.45) is -1.83. The Hall–Kier alpha value is -4.20. The van der Waals surface area contributed by atoms with Crippen LogP contribution in [0.4, 0.5) is 24.5 Å². The highest BCUT2D eigenvalue weighted by atomic mass is 19.4. The molecule has 10 heteroatoms. The van der Waals surface area contributed by atoms with E-state index < -0.39 is 17.6 Å². The first-order valence-corrected chi connectivity index (χ1v) is 11.9. The van der Waals surface area contributed by atoms with Gasteiger partial charge in [-0.2, -0.15) is 13.2 Å². The van der Waals surface area contributed by atoms with Crippen LogP contribution >= 0.6 is 0 Å². The Labute approximate surface area is 219 Å². The van der Waals surface area contributed by atoms with E-state index in [0.29, 0.717) is 29.9 Å². The molecule has 0 bridgehead atoms. The average molecular weight is 521 g/mol. The molecule has 1 fully saturated rings. The number of carbonyl (C=O) groups is 1. The van der Waals surface area contributed by atoms with Gasteiger partial charge in [-0.05, 0) is 42.8 Å². The van der Waals surface area contributed by atoms with Crippen LogP contribution in [0.1, 0.15) is 32.6 Å². The van der Waals surface area contributed by atoms with Gasteiger partial charge in [0.05, 0.1) is 11.1 Å². The number of aromatic nitrogens is 1. The van der Waals surface area contributed by atoms with Gasteiger partial charge in [-0.3, -0.25) is 20.1 Å². The maximum atomic E-state index is 13.9. The molecule has 0 unspecified atom stereocenters. The van der Waals surface area contributed by atoms with Crippen LogP contribution in [0.2, 0.25) is 0 Å². The zero-order valence-electron chi connectivity index (χ0n) is 20.8. The van der Waals surface area contributed by atoms with Crippen LogP contribution in [0.25, 0.3) is 0 Å². The van der Waals surface area contributed by atoms with Gasteiger partial charge in [-0.1, -0.05) is 30.2 Å². The zero-order valence-corrected chi connectivity index (χ0v) is 20.8. The molecule has 4 rings (SSSR count). The monoisotopic (exact) mass is 520 g/mol. The molecule has 0 radical (unpaired) electrons. The fourth-order valence-electron chi connectivity index (χ4n) is 4.07. The first kappa shape index (κ1) is 26.9. The van der Waals surface area contributed by atoms with Crippen LogP contribution in [0.15, 0.2) is 60.9 Å². The fourth-order valence-corrected chi connectivity index (χ4v) is 4.07. The summed E-state index contributed by atoms with van der Waals surface area (Å²) >= 11 is 0. The molecule has 0 atom stereocenters. The minimum absolute atomic E-state index is 0.00861.